The number of rotatable bonds is 3. The average molecular weight is 201 g/mol. The Morgan fingerprint density at radius 1 is 1.13 bits per heavy atom. The van der Waals surface area contributed by atoms with E-state index in [-0.39, 0.29) is 0 Å². The molecule has 1 aromatic rings. The zero-order valence-electron chi connectivity index (χ0n) is 8.70. The lowest BCUT2D eigenvalue weighted by atomic mass is 10.1. The van der Waals surface area contributed by atoms with Gasteiger partial charge in [-0.1, -0.05) is 18.2 Å². The molecule has 3 rings (SSSR count). The van der Waals surface area contributed by atoms with Gasteiger partial charge in [0.05, 0.1) is 6.10 Å². The highest BCUT2D eigenvalue weighted by Crippen LogP contribution is 2.27. The first kappa shape index (κ1) is 8.98. The highest BCUT2D eigenvalue weighted by Gasteiger charge is 2.23. The van der Waals surface area contributed by atoms with E-state index in [1.54, 1.807) is 0 Å². The molecule has 1 fully saturated rings. The van der Waals surface area contributed by atoms with E-state index in [9.17, 15) is 0 Å². The molecule has 0 aromatic heterocycles. The third-order valence-electron chi connectivity index (χ3n) is 2.86. The minimum atomic E-state index is 0.489. The van der Waals surface area contributed by atoms with Crippen molar-refractivity contribution < 1.29 is 4.74 Å². The molecule has 1 saturated carbocycles. The molecular formula is C13H15NO. The van der Waals surface area contributed by atoms with Gasteiger partial charge in [-0.2, -0.15) is 0 Å². The van der Waals surface area contributed by atoms with Crippen molar-refractivity contribution in [2.75, 3.05) is 13.1 Å². The quantitative estimate of drug-likeness (QED) is 0.809. The van der Waals surface area contributed by atoms with Crippen LogP contribution in [0.5, 0.6) is 5.75 Å². The maximum Gasteiger partial charge on any atom is 0.119 e. The fourth-order valence-corrected chi connectivity index (χ4v) is 1.82. The molecule has 1 aliphatic heterocycles. The van der Waals surface area contributed by atoms with Crippen molar-refractivity contribution in [3.05, 3.63) is 35.9 Å². The molecule has 15 heavy (non-hydrogen) atoms. The van der Waals surface area contributed by atoms with E-state index in [0.29, 0.717) is 6.10 Å². The van der Waals surface area contributed by atoms with Crippen molar-refractivity contribution in [2.24, 2.45) is 0 Å². The maximum atomic E-state index is 5.71. The van der Waals surface area contributed by atoms with Crippen LogP contribution in [0.1, 0.15) is 18.4 Å². The number of hydrogen-bond donors (Lipinski definition) is 1. The van der Waals surface area contributed by atoms with Gasteiger partial charge in [0.15, 0.2) is 0 Å². The third-order valence-corrected chi connectivity index (χ3v) is 2.86. The topological polar surface area (TPSA) is 21.3 Å². The van der Waals surface area contributed by atoms with Crippen LogP contribution in [0.15, 0.2) is 30.3 Å². The van der Waals surface area contributed by atoms with Gasteiger partial charge in [-0.25, -0.2) is 0 Å². The normalized spacial score (nSPS) is 20.1. The summed E-state index contributed by atoms with van der Waals surface area (Å²) in [5.74, 6) is 1.01. The Labute approximate surface area is 89.9 Å². The van der Waals surface area contributed by atoms with Gasteiger partial charge in [-0.3, -0.25) is 0 Å². The fourth-order valence-electron chi connectivity index (χ4n) is 1.82. The van der Waals surface area contributed by atoms with Crippen LogP contribution in [0.25, 0.3) is 5.57 Å². The van der Waals surface area contributed by atoms with Crippen LogP contribution in [0.3, 0.4) is 0 Å². The highest BCUT2D eigenvalue weighted by molar-refractivity contribution is 5.69. The van der Waals surface area contributed by atoms with E-state index in [1.165, 1.54) is 24.0 Å². The minimum absolute atomic E-state index is 0.489. The molecular weight excluding hydrogens is 186 g/mol. The summed E-state index contributed by atoms with van der Waals surface area (Å²) in [5, 5.41) is 3.30. The fraction of sp³-hybridized carbons (Fsp3) is 0.385. The SMILES string of the molecule is C1=C(c2ccc(OC3CC3)cc2)CNC1. The molecule has 0 radical (unpaired) electrons. The Morgan fingerprint density at radius 3 is 2.53 bits per heavy atom. The van der Waals surface area contributed by atoms with Crippen LogP contribution >= 0.6 is 0 Å². The molecule has 78 valence electrons. The molecule has 2 heteroatoms. The predicted octanol–water partition coefficient (Wildman–Crippen LogP) is 2.21. The molecule has 0 spiro atoms. The van der Waals surface area contributed by atoms with Gasteiger partial charge in [0, 0.05) is 13.1 Å². The van der Waals surface area contributed by atoms with Crippen molar-refractivity contribution in [3.8, 4) is 5.75 Å². The summed E-state index contributed by atoms with van der Waals surface area (Å²) in [6.45, 7) is 1.98. The Bertz CT molecular complexity index is 376. The Morgan fingerprint density at radius 2 is 1.93 bits per heavy atom. The predicted molar refractivity (Wildman–Crippen MR) is 60.9 cm³/mol. The zero-order chi connectivity index (χ0) is 10.1. The first-order valence-corrected chi connectivity index (χ1v) is 5.59. The first-order chi connectivity index (χ1) is 7.42. The van der Waals surface area contributed by atoms with Crippen LogP contribution < -0.4 is 10.1 Å². The summed E-state index contributed by atoms with van der Waals surface area (Å²) in [7, 11) is 0. The van der Waals surface area contributed by atoms with E-state index < -0.39 is 0 Å². The van der Waals surface area contributed by atoms with Gasteiger partial charge < -0.3 is 10.1 Å². The second-order valence-electron chi connectivity index (χ2n) is 4.20. The van der Waals surface area contributed by atoms with Crippen LogP contribution in [-0.4, -0.2) is 19.2 Å². The molecule has 0 atom stereocenters. The molecule has 0 saturated heterocycles. The van der Waals surface area contributed by atoms with Crippen molar-refractivity contribution in [1.29, 1.82) is 0 Å². The molecule has 1 N–H and O–H groups in total. The molecule has 1 aliphatic carbocycles. The van der Waals surface area contributed by atoms with E-state index in [4.69, 9.17) is 4.74 Å². The van der Waals surface area contributed by atoms with Gasteiger partial charge in [0.1, 0.15) is 5.75 Å². The van der Waals surface area contributed by atoms with Crippen LogP contribution in [0, 0.1) is 0 Å². The van der Waals surface area contributed by atoms with Gasteiger partial charge in [0.2, 0.25) is 0 Å². The van der Waals surface area contributed by atoms with Crippen molar-refractivity contribution >= 4 is 5.57 Å². The van der Waals surface area contributed by atoms with Gasteiger partial charge >= 0.3 is 0 Å². The maximum absolute atomic E-state index is 5.71. The molecule has 1 aromatic carbocycles. The zero-order valence-corrected chi connectivity index (χ0v) is 8.70. The Hall–Kier alpha value is -1.28. The van der Waals surface area contributed by atoms with E-state index >= 15 is 0 Å². The third kappa shape index (κ3) is 2.05. The highest BCUT2D eigenvalue weighted by atomic mass is 16.5. The van der Waals surface area contributed by atoms with Crippen molar-refractivity contribution in [1.82, 2.24) is 5.32 Å². The lowest BCUT2D eigenvalue weighted by Crippen LogP contribution is -2.07. The summed E-state index contributed by atoms with van der Waals surface area (Å²) in [5.41, 5.74) is 2.70. The smallest absolute Gasteiger partial charge is 0.119 e. The van der Waals surface area contributed by atoms with Gasteiger partial charge in [0.25, 0.3) is 0 Å². The summed E-state index contributed by atoms with van der Waals surface area (Å²) in [4.78, 5) is 0. The molecule has 0 amide bonds. The standard InChI is InChI=1S/C13H15NO/c1-3-12(15-13-5-6-13)4-2-10(1)11-7-8-14-9-11/h1-4,7,13-14H,5-6,8-9H2. The van der Waals surface area contributed by atoms with Crippen LogP contribution in [0.2, 0.25) is 0 Å². The molecule has 2 nitrogen and oxygen atoms in total. The molecule has 0 unspecified atom stereocenters. The minimum Gasteiger partial charge on any atom is -0.490 e. The van der Waals surface area contributed by atoms with Crippen molar-refractivity contribution in [3.63, 3.8) is 0 Å². The van der Waals surface area contributed by atoms with E-state index in [1.807, 2.05) is 0 Å². The Balaban J connectivity index is 1.74. The largest absolute Gasteiger partial charge is 0.490 e. The van der Waals surface area contributed by atoms with Crippen LogP contribution in [-0.2, 0) is 0 Å². The second-order valence-corrected chi connectivity index (χ2v) is 4.20. The molecule has 0 bridgehead atoms. The summed E-state index contributed by atoms with van der Waals surface area (Å²) >= 11 is 0. The van der Waals surface area contributed by atoms with E-state index in [2.05, 4.69) is 35.7 Å². The van der Waals surface area contributed by atoms with Gasteiger partial charge in [-0.15, -0.1) is 0 Å². The number of ether oxygens (including phenoxy) is 1. The lowest BCUT2D eigenvalue weighted by molar-refractivity contribution is 0.303. The first-order valence-electron chi connectivity index (χ1n) is 5.59. The van der Waals surface area contributed by atoms with Crippen LogP contribution in [0.4, 0.5) is 0 Å². The summed E-state index contributed by atoms with van der Waals surface area (Å²) < 4.78 is 5.71. The number of nitrogens with one attached hydrogen (secondary N) is 1. The second kappa shape index (κ2) is 3.70. The van der Waals surface area contributed by atoms with Crippen molar-refractivity contribution in [2.45, 2.75) is 18.9 Å². The Kier molecular flexibility index (Phi) is 2.22. The van der Waals surface area contributed by atoms with Gasteiger partial charge in [-0.05, 0) is 36.1 Å². The molecule has 2 aliphatic rings. The van der Waals surface area contributed by atoms with E-state index in [0.717, 1.165) is 18.8 Å². The number of benzene rings is 1. The lowest BCUT2D eigenvalue weighted by Gasteiger charge is -2.06. The average Bonchev–Trinajstić information content (AvgIpc) is 2.92. The molecule has 1 heterocycles. The number of hydrogen-bond acceptors (Lipinski definition) is 2. The summed E-state index contributed by atoms with van der Waals surface area (Å²) in [6.07, 6.45) is 5.17. The summed E-state index contributed by atoms with van der Waals surface area (Å²) in [6, 6.07) is 8.45. The monoisotopic (exact) mass is 201 g/mol.